The second-order valence-corrected chi connectivity index (χ2v) is 3.96. The molecule has 0 amide bonds. The van der Waals surface area contributed by atoms with Gasteiger partial charge in [-0.25, -0.2) is 0 Å². The molecule has 1 aliphatic carbocycles. The van der Waals surface area contributed by atoms with Gasteiger partial charge in [0.25, 0.3) is 0 Å². The van der Waals surface area contributed by atoms with Crippen LogP contribution in [0.2, 0.25) is 0 Å². The van der Waals surface area contributed by atoms with Gasteiger partial charge in [0.05, 0.1) is 0 Å². The van der Waals surface area contributed by atoms with E-state index in [-0.39, 0.29) is 5.41 Å². The van der Waals surface area contributed by atoms with Crippen LogP contribution in [-0.4, -0.2) is 12.2 Å². The Kier molecular flexibility index (Phi) is 2.94. The average molecular weight is 175 g/mol. The van der Waals surface area contributed by atoms with Gasteiger partial charge < -0.3 is 4.79 Å². The summed E-state index contributed by atoms with van der Waals surface area (Å²) in [5.74, 6) is 1.15. The summed E-state index contributed by atoms with van der Waals surface area (Å²) in [4.78, 5) is 10.9. The Morgan fingerprint density at radius 3 is 2.82 bits per heavy atom. The highest BCUT2D eigenvalue weighted by atomic mass is 35.5. The highest BCUT2D eigenvalue weighted by Gasteiger charge is 2.39. The lowest BCUT2D eigenvalue weighted by Gasteiger charge is -2.26. The minimum absolute atomic E-state index is 0.0677. The summed E-state index contributed by atoms with van der Waals surface area (Å²) in [6.45, 7) is 2.16. The van der Waals surface area contributed by atoms with Crippen LogP contribution in [0, 0.1) is 11.3 Å². The highest BCUT2D eigenvalue weighted by molar-refractivity contribution is 6.18. The number of halogens is 1. The van der Waals surface area contributed by atoms with Crippen LogP contribution in [0.25, 0.3) is 0 Å². The Hall–Kier alpha value is -0.0400. The zero-order valence-electron chi connectivity index (χ0n) is 6.98. The van der Waals surface area contributed by atoms with Gasteiger partial charge in [0, 0.05) is 11.3 Å². The minimum atomic E-state index is -0.0677. The predicted octanol–water partition coefficient (Wildman–Crippen LogP) is 2.62. The first-order valence-corrected chi connectivity index (χ1v) is 4.81. The average Bonchev–Trinajstić information content (AvgIpc) is 2.35. The summed E-state index contributed by atoms with van der Waals surface area (Å²) in [6.07, 6.45) is 5.42. The Labute approximate surface area is 73.1 Å². The van der Waals surface area contributed by atoms with E-state index in [9.17, 15) is 4.79 Å². The van der Waals surface area contributed by atoms with Crippen LogP contribution in [0.4, 0.5) is 0 Å². The topological polar surface area (TPSA) is 17.1 Å². The van der Waals surface area contributed by atoms with Gasteiger partial charge >= 0.3 is 0 Å². The molecule has 1 aliphatic rings. The van der Waals surface area contributed by atoms with Gasteiger partial charge in [-0.1, -0.05) is 13.3 Å². The van der Waals surface area contributed by atoms with E-state index in [0.29, 0.717) is 11.8 Å². The van der Waals surface area contributed by atoms with E-state index in [1.165, 1.54) is 12.8 Å². The number of aldehydes is 1. The molecule has 0 aliphatic heterocycles. The molecule has 0 aromatic rings. The molecule has 0 saturated heterocycles. The maximum absolute atomic E-state index is 10.9. The van der Waals surface area contributed by atoms with Crippen molar-refractivity contribution in [2.75, 3.05) is 5.88 Å². The Morgan fingerprint density at radius 2 is 2.45 bits per heavy atom. The molecule has 1 rings (SSSR count). The number of alkyl halides is 1. The van der Waals surface area contributed by atoms with Crippen molar-refractivity contribution in [2.24, 2.45) is 11.3 Å². The Bertz CT molecular complexity index is 146. The molecule has 2 heteroatoms. The van der Waals surface area contributed by atoms with Crippen molar-refractivity contribution >= 4 is 17.9 Å². The molecule has 11 heavy (non-hydrogen) atoms. The summed E-state index contributed by atoms with van der Waals surface area (Å²) >= 11 is 5.66. The van der Waals surface area contributed by atoms with Crippen molar-refractivity contribution in [1.29, 1.82) is 0 Å². The Balaban J connectivity index is 2.65. The lowest BCUT2D eigenvalue weighted by molar-refractivity contribution is -0.117. The number of carbonyl (C=O) groups excluding carboxylic acids is 1. The zero-order valence-corrected chi connectivity index (χ0v) is 7.73. The number of hydrogen-bond acceptors (Lipinski definition) is 1. The van der Waals surface area contributed by atoms with Crippen LogP contribution in [0.15, 0.2) is 0 Å². The molecule has 64 valence electrons. The Morgan fingerprint density at radius 1 is 1.73 bits per heavy atom. The molecule has 0 N–H and O–H groups in total. The van der Waals surface area contributed by atoms with Crippen molar-refractivity contribution in [1.82, 2.24) is 0 Å². The summed E-state index contributed by atoms with van der Waals surface area (Å²) in [5, 5.41) is 0. The van der Waals surface area contributed by atoms with Crippen LogP contribution in [0.5, 0.6) is 0 Å². The first-order chi connectivity index (χ1) is 5.25. The maximum atomic E-state index is 10.9. The molecular formula is C9H15ClO. The van der Waals surface area contributed by atoms with Gasteiger partial charge in [0.15, 0.2) is 0 Å². The van der Waals surface area contributed by atoms with Gasteiger partial charge in [0.2, 0.25) is 0 Å². The van der Waals surface area contributed by atoms with E-state index in [2.05, 4.69) is 6.92 Å². The minimum Gasteiger partial charge on any atom is -0.303 e. The van der Waals surface area contributed by atoms with E-state index >= 15 is 0 Å². The number of rotatable bonds is 3. The largest absolute Gasteiger partial charge is 0.303 e. The highest BCUT2D eigenvalue weighted by Crippen LogP contribution is 2.44. The van der Waals surface area contributed by atoms with E-state index in [4.69, 9.17) is 11.6 Å². The van der Waals surface area contributed by atoms with Crippen LogP contribution in [0.3, 0.4) is 0 Å². The molecule has 2 atom stereocenters. The third kappa shape index (κ3) is 1.58. The molecule has 2 unspecified atom stereocenters. The van der Waals surface area contributed by atoms with Crippen molar-refractivity contribution in [3.05, 3.63) is 0 Å². The second-order valence-electron chi connectivity index (χ2n) is 3.58. The number of carbonyl (C=O) groups is 1. The van der Waals surface area contributed by atoms with Crippen LogP contribution in [0.1, 0.15) is 32.6 Å². The van der Waals surface area contributed by atoms with Crippen molar-refractivity contribution in [2.45, 2.75) is 32.6 Å². The van der Waals surface area contributed by atoms with E-state index in [0.717, 1.165) is 19.1 Å². The van der Waals surface area contributed by atoms with Gasteiger partial charge in [0.1, 0.15) is 6.29 Å². The number of hydrogen-bond donors (Lipinski definition) is 0. The summed E-state index contributed by atoms with van der Waals surface area (Å²) in [6, 6.07) is 0. The third-order valence-electron chi connectivity index (χ3n) is 3.06. The third-order valence-corrected chi connectivity index (χ3v) is 3.24. The van der Waals surface area contributed by atoms with Crippen molar-refractivity contribution in [3.63, 3.8) is 0 Å². The molecular weight excluding hydrogens is 160 g/mol. The van der Waals surface area contributed by atoms with Gasteiger partial charge in [-0.3, -0.25) is 0 Å². The molecule has 0 heterocycles. The molecule has 0 aromatic carbocycles. The van der Waals surface area contributed by atoms with E-state index < -0.39 is 0 Å². The normalized spacial score (nSPS) is 37.5. The second kappa shape index (κ2) is 3.57. The summed E-state index contributed by atoms with van der Waals surface area (Å²) in [5.41, 5.74) is -0.0677. The molecule has 1 saturated carbocycles. The summed E-state index contributed by atoms with van der Waals surface area (Å²) in [7, 11) is 0. The fourth-order valence-electron chi connectivity index (χ4n) is 2.05. The van der Waals surface area contributed by atoms with E-state index in [1.54, 1.807) is 0 Å². The molecule has 0 aromatic heterocycles. The molecule has 0 bridgehead atoms. The van der Waals surface area contributed by atoms with Gasteiger partial charge in [-0.15, -0.1) is 11.6 Å². The van der Waals surface area contributed by atoms with Crippen LogP contribution < -0.4 is 0 Å². The van der Waals surface area contributed by atoms with Crippen molar-refractivity contribution < 1.29 is 4.79 Å². The lowest BCUT2D eigenvalue weighted by Crippen LogP contribution is -2.25. The van der Waals surface area contributed by atoms with Gasteiger partial charge in [-0.05, 0) is 25.2 Å². The van der Waals surface area contributed by atoms with E-state index in [1.807, 2.05) is 0 Å². The SMILES string of the molecule is CC1CCCC1(C=O)CCCl. The first-order valence-electron chi connectivity index (χ1n) is 4.27. The quantitative estimate of drug-likeness (QED) is 0.475. The van der Waals surface area contributed by atoms with Crippen LogP contribution in [-0.2, 0) is 4.79 Å². The predicted molar refractivity (Wildman–Crippen MR) is 46.8 cm³/mol. The monoisotopic (exact) mass is 174 g/mol. The maximum Gasteiger partial charge on any atom is 0.126 e. The first kappa shape index (κ1) is 9.05. The standard InChI is InChI=1S/C9H15ClO/c1-8-3-2-4-9(8,7-11)5-6-10/h7-8H,2-6H2,1H3. The zero-order chi connectivity index (χ0) is 8.32. The molecule has 1 fully saturated rings. The smallest absolute Gasteiger partial charge is 0.126 e. The lowest BCUT2D eigenvalue weighted by atomic mass is 9.78. The molecule has 0 radical (unpaired) electrons. The van der Waals surface area contributed by atoms with Gasteiger partial charge in [-0.2, -0.15) is 0 Å². The van der Waals surface area contributed by atoms with Crippen molar-refractivity contribution in [3.8, 4) is 0 Å². The molecule has 0 spiro atoms. The van der Waals surface area contributed by atoms with Crippen LogP contribution >= 0.6 is 11.6 Å². The fourth-order valence-corrected chi connectivity index (χ4v) is 2.40. The fraction of sp³-hybridized carbons (Fsp3) is 0.889. The molecule has 1 nitrogen and oxygen atoms in total. The summed E-state index contributed by atoms with van der Waals surface area (Å²) < 4.78 is 0.